The Labute approximate surface area is 246 Å². The molecule has 4 rings (SSSR count). The lowest BCUT2D eigenvalue weighted by molar-refractivity contribution is -0.153. The third kappa shape index (κ3) is 6.04. The van der Waals surface area contributed by atoms with Gasteiger partial charge in [0.2, 0.25) is 15.8 Å². The molecule has 1 fully saturated rings. The predicted octanol–water partition coefficient (Wildman–Crippen LogP) is -1.25. The quantitative estimate of drug-likeness (QED) is 0.105. The molecule has 0 radical (unpaired) electrons. The van der Waals surface area contributed by atoms with Crippen LogP contribution in [0.25, 0.3) is 5.76 Å². The zero-order chi connectivity index (χ0) is 33.1. The van der Waals surface area contributed by atoms with Crippen molar-refractivity contribution in [3.05, 3.63) is 34.1 Å². The number of anilines is 2. The Hall–Kier alpha value is -3.75. The summed E-state index contributed by atoms with van der Waals surface area (Å²) in [5.41, 5.74) is 1.75. The zero-order valence-electron chi connectivity index (χ0n) is 23.6. The number of rotatable bonds is 5. The Bertz CT molecular complexity index is 1690. The van der Waals surface area contributed by atoms with Gasteiger partial charge in [-0.15, -0.1) is 0 Å². The highest BCUT2D eigenvalue weighted by Gasteiger charge is 2.64. The molecule has 1 saturated carbocycles. The Kier molecular flexibility index (Phi) is 8.69. The highest BCUT2D eigenvalue weighted by atomic mass is 32.3. The molecule has 0 aromatic heterocycles. The normalized spacial score (nSPS) is 25.4. The number of carbonyl (C=O) groups excluding carboxylic acids is 3. The van der Waals surface area contributed by atoms with Crippen molar-refractivity contribution in [3.8, 4) is 5.75 Å². The number of carbonyl (C=O) groups is 3. The average Bonchev–Trinajstić information content (AvgIpc) is 2.80. The molecular formula is C24H32N4O13S2. The molecule has 9 N–H and O–H groups in total. The number of benzene rings is 1. The van der Waals surface area contributed by atoms with Crippen molar-refractivity contribution in [3.63, 3.8) is 0 Å². The summed E-state index contributed by atoms with van der Waals surface area (Å²) in [7, 11) is -2.12. The van der Waals surface area contributed by atoms with E-state index in [1.807, 2.05) is 0 Å². The second-order valence-corrected chi connectivity index (χ2v) is 13.5. The Morgan fingerprint density at radius 3 is 2.05 bits per heavy atom. The van der Waals surface area contributed by atoms with Crippen molar-refractivity contribution >= 4 is 55.0 Å². The minimum absolute atomic E-state index is 0.0528. The fraction of sp³-hybridized carbons (Fsp3) is 0.458. The number of aliphatic hydroxyl groups excluding tert-OH is 2. The van der Waals surface area contributed by atoms with Crippen LogP contribution in [0.3, 0.4) is 0 Å². The van der Waals surface area contributed by atoms with E-state index < -0.39 is 84.2 Å². The summed E-state index contributed by atoms with van der Waals surface area (Å²) < 4.78 is 57.6. The van der Waals surface area contributed by atoms with Gasteiger partial charge in [0.1, 0.15) is 17.1 Å². The Balaban J connectivity index is 0.000000934. The van der Waals surface area contributed by atoms with E-state index in [1.165, 1.54) is 25.1 Å². The summed E-state index contributed by atoms with van der Waals surface area (Å²) in [5.74, 6) is -7.77. The first-order chi connectivity index (χ1) is 19.4. The van der Waals surface area contributed by atoms with E-state index in [0.29, 0.717) is 11.3 Å². The van der Waals surface area contributed by atoms with Gasteiger partial charge in [-0.25, -0.2) is 8.42 Å². The summed E-state index contributed by atoms with van der Waals surface area (Å²) in [6.07, 6.45) is 0.907. The molecular weight excluding hydrogens is 616 g/mol. The summed E-state index contributed by atoms with van der Waals surface area (Å²) in [6.45, 7) is 0. The van der Waals surface area contributed by atoms with E-state index >= 15 is 0 Å². The number of hydrogen-bond donors (Lipinski definition) is 8. The van der Waals surface area contributed by atoms with Crippen LogP contribution >= 0.6 is 0 Å². The number of likely N-dealkylation sites (N-methyl/N-ethyl adjacent to an activating group) is 1. The highest BCUT2D eigenvalue weighted by Crippen LogP contribution is 2.54. The highest BCUT2D eigenvalue weighted by molar-refractivity contribution is 7.92. The largest absolute Gasteiger partial charge is 0.508 e. The number of aliphatic hydroxyl groups is 3. The van der Waals surface area contributed by atoms with Crippen molar-refractivity contribution in [1.82, 2.24) is 4.90 Å². The van der Waals surface area contributed by atoms with Crippen molar-refractivity contribution < 1.29 is 60.8 Å². The van der Waals surface area contributed by atoms with Gasteiger partial charge >= 0.3 is 10.4 Å². The fourth-order valence-corrected chi connectivity index (χ4v) is 6.52. The number of phenolic OH excluding ortho intramolecular Hbond substituents is 1. The molecule has 2 unspecified atom stereocenters. The van der Waals surface area contributed by atoms with E-state index in [2.05, 4.69) is 4.72 Å². The molecule has 1 amide bonds. The summed E-state index contributed by atoms with van der Waals surface area (Å²) in [4.78, 5) is 42.2. The third-order valence-corrected chi connectivity index (χ3v) is 8.07. The Morgan fingerprint density at radius 2 is 1.60 bits per heavy atom. The summed E-state index contributed by atoms with van der Waals surface area (Å²) >= 11 is 0. The third-order valence-electron chi connectivity index (χ3n) is 7.47. The first-order valence-corrected chi connectivity index (χ1v) is 15.6. The van der Waals surface area contributed by atoms with Crippen LogP contribution in [0.5, 0.6) is 5.75 Å². The molecule has 0 bridgehead atoms. The zero-order valence-corrected chi connectivity index (χ0v) is 25.2. The molecule has 17 nitrogen and oxygen atoms in total. The smallest absolute Gasteiger partial charge is 0.394 e. The number of nitrogens with one attached hydrogen (secondary N) is 1. The number of nitrogens with zero attached hydrogens (tertiary/aromatic N) is 2. The number of hydrogen-bond acceptors (Lipinski definition) is 13. The summed E-state index contributed by atoms with van der Waals surface area (Å²) in [6, 6.07) is 0.213. The van der Waals surface area contributed by atoms with E-state index in [9.17, 15) is 43.2 Å². The molecule has 19 heteroatoms. The van der Waals surface area contributed by atoms with Gasteiger partial charge in [0, 0.05) is 31.3 Å². The molecule has 0 saturated heterocycles. The van der Waals surface area contributed by atoms with Crippen LogP contribution in [-0.2, 0) is 41.2 Å². The summed E-state index contributed by atoms with van der Waals surface area (Å²) in [5, 5.41) is 44.9. The van der Waals surface area contributed by atoms with Crippen molar-refractivity contribution in [2.75, 3.05) is 44.1 Å². The van der Waals surface area contributed by atoms with E-state index in [-0.39, 0.29) is 29.7 Å². The van der Waals surface area contributed by atoms with Gasteiger partial charge < -0.3 is 31.1 Å². The number of sulfonamides is 1. The number of nitrogens with two attached hydrogens (primary N) is 1. The number of aromatic hydroxyl groups is 1. The maximum atomic E-state index is 13.9. The molecule has 0 aliphatic heterocycles. The van der Waals surface area contributed by atoms with Gasteiger partial charge in [-0.05, 0) is 44.5 Å². The number of primary amides is 1. The van der Waals surface area contributed by atoms with Gasteiger partial charge in [0.05, 0.1) is 23.5 Å². The SMILES string of the molecule is CN(C)c1cc(NS(C)(=O)=O)c(O)c2c1CC1CC3[C@H](N(C)C)C(=O)C(C(N)=O)=C(O)[C@@]3(O)C(=O)C1=C2O.O=S(=O)(O)O. The molecule has 238 valence electrons. The Morgan fingerprint density at radius 1 is 1.07 bits per heavy atom. The molecule has 3 aliphatic rings. The van der Waals surface area contributed by atoms with Gasteiger partial charge in [-0.1, -0.05) is 0 Å². The fourth-order valence-electron chi connectivity index (χ4n) is 5.97. The lowest BCUT2D eigenvalue weighted by Crippen LogP contribution is -2.65. The van der Waals surface area contributed by atoms with Crippen molar-refractivity contribution in [2.24, 2.45) is 17.6 Å². The van der Waals surface area contributed by atoms with Crippen LogP contribution in [-0.4, -0.2) is 115 Å². The topological polar surface area (TPSA) is 285 Å². The molecule has 3 aliphatic carbocycles. The minimum atomic E-state index is -4.67. The number of phenols is 1. The molecule has 1 aromatic rings. The minimum Gasteiger partial charge on any atom is -0.508 e. The maximum absolute atomic E-state index is 13.9. The van der Waals surface area contributed by atoms with Crippen molar-refractivity contribution in [2.45, 2.75) is 24.5 Å². The molecule has 4 atom stereocenters. The van der Waals surface area contributed by atoms with E-state index in [4.69, 9.17) is 23.3 Å². The van der Waals surface area contributed by atoms with Crippen molar-refractivity contribution in [1.29, 1.82) is 0 Å². The predicted molar refractivity (Wildman–Crippen MR) is 151 cm³/mol. The van der Waals surface area contributed by atoms with Crippen LogP contribution in [0.4, 0.5) is 11.4 Å². The second kappa shape index (κ2) is 11.1. The lowest BCUT2D eigenvalue weighted by Gasteiger charge is -2.50. The van der Waals surface area contributed by atoms with Gasteiger partial charge in [-0.3, -0.25) is 33.1 Å². The van der Waals surface area contributed by atoms with Crippen LogP contribution in [0, 0.1) is 11.8 Å². The van der Waals surface area contributed by atoms with Crippen LogP contribution < -0.4 is 15.4 Å². The first kappa shape index (κ1) is 33.7. The second-order valence-electron chi connectivity index (χ2n) is 10.8. The monoisotopic (exact) mass is 648 g/mol. The standard InChI is InChI=1S/C24H30N4O9S.H2O4S/c1-27(2)13-8-12(26-38(5,36)37)18(29)15-10(13)6-9-7-11-17(28(3)4)20(31)16(23(25)34)22(33)24(11,35)21(32)14(9)19(15)30;1-5(2,3)4/h8-9,11,17,26,29-30,33,35H,6-7H2,1-5H3,(H2,25,34);(H2,1,2,3,4)/t9?,11?,17-,24-;/m0./s1. The molecule has 0 heterocycles. The number of fused-ring (bicyclic) bond motifs is 3. The van der Waals surface area contributed by atoms with E-state index in [1.54, 1.807) is 19.0 Å². The first-order valence-electron chi connectivity index (χ1n) is 12.3. The molecule has 1 aromatic carbocycles. The van der Waals surface area contributed by atoms with Gasteiger partial charge in [0.25, 0.3) is 5.91 Å². The average molecular weight is 649 g/mol. The van der Waals surface area contributed by atoms with Crippen LogP contribution in [0.1, 0.15) is 17.5 Å². The number of Topliss-reactive ketones (excluding diaryl/α,β-unsaturated/α-hetero) is 2. The number of amides is 1. The molecule has 0 spiro atoms. The lowest BCUT2D eigenvalue weighted by atomic mass is 9.57. The van der Waals surface area contributed by atoms with Gasteiger partial charge in [-0.2, -0.15) is 8.42 Å². The van der Waals surface area contributed by atoms with Gasteiger partial charge in [0.15, 0.2) is 17.1 Å². The van der Waals surface area contributed by atoms with Crippen LogP contribution in [0.2, 0.25) is 0 Å². The number of ketones is 2. The van der Waals surface area contributed by atoms with E-state index in [0.717, 1.165) is 6.26 Å². The van der Waals surface area contributed by atoms with Crippen LogP contribution in [0.15, 0.2) is 23.0 Å². The maximum Gasteiger partial charge on any atom is 0.394 e. The molecule has 43 heavy (non-hydrogen) atoms.